The number of benzene rings is 2. The van der Waals surface area contributed by atoms with E-state index in [4.69, 9.17) is 0 Å². The summed E-state index contributed by atoms with van der Waals surface area (Å²) < 4.78 is 1.90. The van der Waals surface area contributed by atoms with Crippen molar-refractivity contribution in [2.24, 2.45) is 5.92 Å². The van der Waals surface area contributed by atoms with Crippen LogP contribution in [0.25, 0.3) is 0 Å². The number of carbonyl (C=O) groups is 2. The van der Waals surface area contributed by atoms with Crippen LogP contribution in [-0.2, 0) is 13.0 Å². The second-order valence-corrected chi connectivity index (χ2v) is 9.96. The van der Waals surface area contributed by atoms with E-state index in [0.29, 0.717) is 35.9 Å². The van der Waals surface area contributed by atoms with Gasteiger partial charge in [0.25, 0.3) is 11.5 Å². The summed E-state index contributed by atoms with van der Waals surface area (Å²) >= 11 is 0. The zero-order chi connectivity index (χ0) is 26.6. The lowest BCUT2D eigenvalue weighted by Gasteiger charge is -2.44. The molecule has 3 aromatic rings. The van der Waals surface area contributed by atoms with Gasteiger partial charge in [0.15, 0.2) is 0 Å². The summed E-state index contributed by atoms with van der Waals surface area (Å²) in [5, 5.41) is 8.67. The maximum absolute atomic E-state index is 13.0. The molecule has 0 saturated carbocycles. The number of hydrogen-bond donors (Lipinski definition) is 3. The minimum Gasteiger partial charge on any atom is -0.369 e. The number of carbonyl (C=O) groups excluding carboxylic acids is 2. The number of amides is 3. The highest BCUT2D eigenvalue weighted by molar-refractivity contribution is 6.04. The number of nitrogens with zero attached hydrogens (tertiary/aromatic N) is 2. The molecule has 2 atom stereocenters. The molecule has 8 heteroatoms. The van der Waals surface area contributed by atoms with Gasteiger partial charge in [-0.15, -0.1) is 6.58 Å². The van der Waals surface area contributed by atoms with E-state index in [0.717, 1.165) is 37.3 Å². The third-order valence-electron chi connectivity index (χ3n) is 7.35. The molecular formula is C30H33N5O3. The molecule has 196 valence electrons. The van der Waals surface area contributed by atoms with Gasteiger partial charge >= 0.3 is 6.03 Å². The van der Waals surface area contributed by atoms with Gasteiger partial charge < -0.3 is 25.4 Å². The highest BCUT2D eigenvalue weighted by atomic mass is 16.2. The van der Waals surface area contributed by atoms with Crippen LogP contribution in [-0.4, -0.2) is 36.1 Å². The lowest BCUT2D eigenvalue weighted by Crippen LogP contribution is -2.47. The van der Waals surface area contributed by atoms with Crippen LogP contribution in [0.1, 0.15) is 40.9 Å². The first-order valence-corrected chi connectivity index (χ1v) is 13.1. The molecule has 38 heavy (non-hydrogen) atoms. The molecule has 1 aromatic heterocycles. The Morgan fingerprint density at radius 3 is 2.61 bits per heavy atom. The molecule has 3 heterocycles. The lowest BCUT2D eigenvalue weighted by molar-refractivity contribution is 0.0958. The normalized spacial score (nSPS) is 17.8. The fraction of sp³-hybridized carbons (Fsp3) is 0.300. The first-order chi connectivity index (χ1) is 18.4. The maximum Gasteiger partial charge on any atom is 0.323 e. The van der Waals surface area contributed by atoms with E-state index < -0.39 is 0 Å². The molecule has 2 aliphatic heterocycles. The summed E-state index contributed by atoms with van der Waals surface area (Å²) in [5.74, 6) is 0.292. The molecule has 2 bridgehead atoms. The van der Waals surface area contributed by atoms with Crippen LogP contribution < -0.4 is 26.4 Å². The van der Waals surface area contributed by atoms with Crippen LogP contribution in [0, 0.1) is 5.92 Å². The number of urea groups is 1. The number of rotatable bonds is 7. The predicted octanol–water partition coefficient (Wildman–Crippen LogP) is 4.59. The smallest absolute Gasteiger partial charge is 0.323 e. The van der Waals surface area contributed by atoms with Crippen molar-refractivity contribution in [2.75, 3.05) is 35.2 Å². The summed E-state index contributed by atoms with van der Waals surface area (Å²) in [5.41, 5.74) is 4.85. The van der Waals surface area contributed by atoms with Gasteiger partial charge in [-0.1, -0.05) is 31.2 Å². The number of fused-ring (bicyclic) bond motifs is 4. The Labute approximate surface area is 222 Å². The number of aromatic nitrogens is 1. The first-order valence-electron chi connectivity index (χ1n) is 13.1. The Bertz CT molecular complexity index is 1410. The van der Waals surface area contributed by atoms with Crippen molar-refractivity contribution in [3.63, 3.8) is 0 Å². The monoisotopic (exact) mass is 511 g/mol. The second kappa shape index (κ2) is 11.0. The molecule has 0 spiro atoms. The van der Waals surface area contributed by atoms with Gasteiger partial charge in [-0.05, 0) is 60.7 Å². The highest BCUT2D eigenvalue weighted by Crippen LogP contribution is 2.39. The van der Waals surface area contributed by atoms with Crippen molar-refractivity contribution in [3.05, 3.63) is 100 Å². The van der Waals surface area contributed by atoms with Gasteiger partial charge in [0.1, 0.15) is 0 Å². The van der Waals surface area contributed by atoms with Crippen LogP contribution in [0.5, 0.6) is 0 Å². The number of aryl methyl sites for hydroxylation is 1. The van der Waals surface area contributed by atoms with E-state index in [1.807, 2.05) is 47.0 Å². The van der Waals surface area contributed by atoms with Crippen LogP contribution in [0.4, 0.5) is 21.9 Å². The largest absolute Gasteiger partial charge is 0.369 e. The average molecular weight is 512 g/mol. The topological polar surface area (TPSA) is 95.5 Å². The fourth-order valence-corrected chi connectivity index (χ4v) is 5.52. The Hall–Kier alpha value is -4.33. The molecule has 3 amide bonds. The molecule has 2 aliphatic rings. The molecule has 0 aliphatic carbocycles. The van der Waals surface area contributed by atoms with Gasteiger partial charge in [-0.2, -0.15) is 0 Å². The third-order valence-corrected chi connectivity index (χ3v) is 7.35. The van der Waals surface area contributed by atoms with Crippen LogP contribution in [0.15, 0.2) is 78.1 Å². The molecule has 1 saturated heterocycles. The predicted molar refractivity (Wildman–Crippen MR) is 151 cm³/mol. The highest BCUT2D eigenvalue weighted by Gasteiger charge is 2.35. The van der Waals surface area contributed by atoms with Crippen molar-refractivity contribution in [3.8, 4) is 0 Å². The van der Waals surface area contributed by atoms with Crippen LogP contribution in [0.2, 0.25) is 0 Å². The zero-order valence-corrected chi connectivity index (χ0v) is 21.6. The first kappa shape index (κ1) is 25.3. The number of anilines is 3. The molecule has 0 radical (unpaired) electrons. The van der Waals surface area contributed by atoms with E-state index in [2.05, 4.69) is 34.4 Å². The number of pyridine rings is 1. The van der Waals surface area contributed by atoms with Gasteiger partial charge in [0.2, 0.25) is 0 Å². The van der Waals surface area contributed by atoms with Crippen molar-refractivity contribution >= 4 is 29.0 Å². The second-order valence-electron chi connectivity index (χ2n) is 9.96. The molecule has 2 aromatic carbocycles. The molecular weight excluding hydrogens is 478 g/mol. The van der Waals surface area contributed by atoms with Crippen molar-refractivity contribution in [1.82, 2.24) is 9.88 Å². The van der Waals surface area contributed by atoms with E-state index in [-0.39, 0.29) is 23.4 Å². The summed E-state index contributed by atoms with van der Waals surface area (Å²) in [6, 6.07) is 18.2. The Balaban J connectivity index is 1.42. The quantitative estimate of drug-likeness (QED) is 0.404. The maximum atomic E-state index is 13.0. The molecule has 8 nitrogen and oxygen atoms in total. The van der Waals surface area contributed by atoms with E-state index >= 15 is 0 Å². The van der Waals surface area contributed by atoms with Crippen LogP contribution >= 0.6 is 0 Å². The lowest BCUT2D eigenvalue weighted by atomic mass is 9.83. The van der Waals surface area contributed by atoms with Crippen molar-refractivity contribution in [2.45, 2.75) is 32.2 Å². The minimum atomic E-state index is -0.381. The minimum absolute atomic E-state index is 0.0477. The number of hydrogen-bond acceptors (Lipinski definition) is 4. The van der Waals surface area contributed by atoms with Gasteiger partial charge in [0, 0.05) is 55.1 Å². The summed E-state index contributed by atoms with van der Waals surface area (Å²) in [6.07, 6.45) is 3.57. The molecule has 5 rings (SSSR count). The van der Waals surface area contributed by atoms with Crippen molar-refractivity contribution in [1.29, 1.82) is 0 Å². The standard InChI is InChI=1S/C30H33N5O3/c1-3-14-31-29(37)22-10-13-27(25(16-22)33-30(38)32-24-11-8-20(4-2)9-12-24)34-17-21-15-23(19-34)26-6-5-7-28(36)35(26)18-21/h3,5-13,16,21,23H,1,4,14-15,17-19H2,2H3,(H,31,37)(H2,32,33,38). The molecule has 2 unspecified atom stereocenters. The molecule has 3 N–H and O–H groups in total. The summed E-state index contributed by atoms with van der Waals surface area (Å²) in [4.78, 5) is 40.4. The number of piperidine rings is 1. The van der Waals surface area contributed by atoms with E-state index in [9.17, 15) is 14.4 Å². The summed E-state index contributed by atoms with van der Waals surface area (Å²) in [7, 11) is 0. The summed E-state index contributed by atoms with van der Waals surface area (Å²) in [6.45, 7) is 8.25. The fourth-order valence-electron chi connectivity index (χ4n) is 5.52. The zero-order valence-electron chi connectivity index (χ0n) is 21.6. The Kier molecular flexibility index (Phi) is 7.31. The SMILES string of the molecule is C=CCNC(=O)c1ccc(N2CC3CC(C2)c2cccc(=O)n2C3)c(NC(=O)Nc2ccc(CC)cc2)c1. The Morgan fingerprint density at radius 1 is 1.03 bits per heavy atom. The van der Waals surface area contributed by atoms with Crippen molar-refractivity contribution < 1.29 is 9.59 Å². The van der Waals surface area contributed by atoms with E-state index in [1.54, 1.807) is 24.3 Å². The van der Waals surface area contributed by atoms with E-state index in [1.165, 1.54) is 5.56 Å². The van der Waals surface area contributed by atoms with Gasteiger partial charge in [0.05, 0.1) is 11.4 Å². The van der Waals surface area contributed by atoms with Gasteiger partial charge in [-0.25, -0.2) is 4.79 Å². The van der Waals surface area contributed by atoms with Crippen LogP contribution in [0.3, 0.4) is 0 Å². The van der Waals surface area contributed by atoms with Gasteiger partial charge in [-0.3, -0.25) is 9.59 Å². The molecule has 1 fully saturated rings. The average Bonchev–Trinajstić information content (AvgIpc) is 2.92. The Morgan fingerprint density at radius 2 is 1.84 bits per heavy atom. The number of nitrogens with one attached hydrogen (secondary N) is 3. The third kappa shape index (κ3) is 5.34.